The fourth-order valence-corrected chi connectivity index (χ4v) is 3.27. The minimum Gasteiger partial charge on any atom is -0.386 e. The third-order valence-corrected chi connectivity index (χ3v) is 4.47. The Balaban J connectivity index is 2.28. The van der Waals surface area contributed by atoms with Gasteiger partial charge in [-0.1, -0.05) is 19.9 Å². The van der Waals surface area contributed by atoms with Crippen molar-refractivity contribution < 1.29 is 5.11 Å². The summed E-state index contributed by atoms with van der Waals surface area (Å²) >= 11 is 0. The van der Waals surface area contributed by atoms with Gasteiger partial charge in [0.15, 0.2) is 0 Å². The lowest BCUT2D eigenvalue weighted by atomic mass is 9.81. The van der Waals surface area contributed by atoms with E-state index in [2.05, 4.69) is 23.7 Å². The molecule has 1 atom stereocenters. The Hall–Kier alpha value is -0.930. The molecule has 2 heterocycles. The van der Waals surface area contributed by atoms with Gasteiger partial charge < -0.3 is 5.11 Å². The fraction of sp³-hybridized carbons (Fsp3) is 0.667. The molecule has 1 saturated heterocycles. The molecule has 1 aliphatic heterocycles. The predicted octanol–water partition coefficient (Wildman–Crippen LogP) is 2.77. The number of aromatic nitrogens is 1. The zero-order chi connectivity index (χ0) is 13.0. The second-order valence-electron chi connectivity index (χ2n) is 5.19. The lowest BCUT2D eigenvalue weighted by molar-refractivity contribution is -0.0296. The van der Waals surface area contributed by atoms with Crippen LogP contribution in [0.25, 0.3) is 0 Å². The van der Waals surface area contributed by atoms with Crippen LogP contribution in [0, 0.1) is 0 Å². The Morgan fingerprint density at radius 1 is 1.33 bits per heavy atom. The Labute approximate surface area is 110 Å². The Morgan fingerprint density at radius 2 is 2.00 bits per heavy atom. The van der Waals surface area contributed by atoms with Crippen LogP contribution < -0.4 is 0 Å². The molecule has 1 unspecified atom stereocenters. The molecule has 3 heteroatoms. The molecule has 0 bridgehead atoms. The van der Waals surface area contributed by atoms with Crippen molar-refractivity contribution in [2.24, 2.45) is 0 Å². The van der Waals surface area contributed by atoms with Crippen molar-refractivity contribution in [1.29, 1.82) is 0 Å². The zero-order valence-corrected chi connectivity index (χ0v) is 11.5. The topological polar surface area (TPSA) is 36.4 Å². The summed E-state index contributed by atoms with van der Waals surface area (Å²) in [5.41, 5.74) is 0.813. The van der Waals surface area contributed by atoms with Gasteiger partial charge in [-0.05, 0) is 44.8 Å². The van der Waals surface area contributed by atoms with Crippen molar-refractivity contribution in [3.05, 3.63) is 30.1 Å². The summed E-state index contributed by atoms with van der Waals surface area (Å²) in [4.78, 5) is 6.61. The second-order valence-corrected chi connectivity index (χ2v) is 5.19. The molecule has 1 fully saturated rings. The number of rotatable bonds is 5. The number of nitrogens with zero attached hydrogens (tertiary/aromatic N) is 2. The van der Waals surface area contributed by atoms with E-state index in [9.17, 15) is 5.11 Å². The third-order valence-electron chi connectivity index (χ3n) is 4.47. The summed E-state index contributed by atoms with van der Waals surface area (Å²) in [7, 11) is 0. The van der Waals surface area contributed by atoms with Crippen LogP contribution in [0.15, 0.2) is 24.5 Å². The maximum Gasteiger partial charge on any atom is 0.0988 e. The first-order valence-corrected chi connectivity index (χ1v) is 7.07. The van der Waals surface area contributed by atoms with Crippen LogP contribution in [0.4, 0.5) is 0 Å². The van der Waals surface area contributed by atoms with Crippen LogP contribution in [-0.2, 0) is 0 Å². The van der Waals surface area contributed by atoms with Gasteiger partial charge >= 0.3 is 0 Å². The van der Waals surface area contributed by atoms with Crippen LogP contribution in [0.3, 0.4) is 0 Å². The minimum atomic E-state index is -0.445. The lowest BCUT2D eigenvalue weighted by Gasteiger charge is -2.44. The summed E-state index contributed by atoms with van der Waals surface area (Å²) in [5, 5.41) is 10.8. The Bertz CT molecular complexity index is 356. The molecule has 0 aromatic carbocycles. The molecule has 1 aliphatic rings. The number of aliphatic hydroxyl groups is 1. The SMILES string of the molecule is CCC(CC)(C(O)c1cccnc1)N1CCCC1. The lowest BCUT2D eigenvalue weighted by Crippen LogP contribution is -2.51. The maximum absolute atomic E-state index is 10.8. The van der Waals surface area contributed by atoms with E-state index in [-0.39, 0.29) is 5.54 Å². The molecule has 0 saturated carbocycles. The van der Waals surface area contributed by atoms with E-state index in [4.69, 9.17) is 0 Å². The van der Waals surface area contributed by atoms with Crippen molar-refractivity contribution in [3.8, 4) is 0 Å². The number of aliphatic hydroxyl groups excluding tert-OH is 1. The summed E-state index contributed by atoms with van der Waals surface area (Å²) in [6, 6.07) is 3.88. The van der Waals surface area contributed by atoms with Crippen LogP contribution in [0.5, 0.6) is 0 Å². The number of likely N-dealkylation sites (tertiary alicyclic amines) is 1. The average molecular weight is 248 g/mol. The maximum atomic E-state index is 10.8. The van der Waals surface area contributed by atoms with E-state index in [0.29, 0.717) is 0 Å². The van der Waals surface area contributed by atoms with Crippen LogP contribution in [0.2, 0.25) is 0 Å². The highest BCUT2D eigenvalue weighted by Crippen LogP contribution is 2.38. The van der Waals surface area contributed by atoms with Crippen molar-refractivity contribution in [1.82, 2.24) is 9.88 Å². The molecule has 0 radical (unpaired) electrons. The van der Waals surface area contributed by atoms with Gasteiger partial charge in [0.05, 0.1) is 11.6 Å². The normalized spacial score (nSPS) is 19.1. The number of hydrogen-bond donors (Lipinski definition) is 1. The predicted molar refractivity (Wildman–Crippen MR) is 73.3 cm³/mol. The van der Waals surface area contributed by atoms with Gasteiger partial charge in [0.1, 0.15) is 0 Å². The van der Waals surface area contributed by atoms with Gasteiger partial charge in [-0.25, -0.2) is 0 Å². The Morgan fingerprint density at radius 3 is 2.50 bits per heavy atom. The van der Waals surface area contributed by atoms with E-state index < -0.39 is 6.10 Å². The van der Waals surface area contributed by atoms with Crippen LogP contribution >= 0.6 is 0 Å². The quantitative estimate of drug-likeness (QED) is 0.870. The highest BCUT2D eigenvalue weighted by molar-refractivity contribution is 5.18. The summed E-state index contributed by atoms with van der Waals surface area (Å²) in [6.07, 6.45) is 7.55. The van der Waals surface area contributed by atoms with Crippen molar-refractivity contribution in [2.45, 2.75) is 51.2 Å². The second kappa shape index (κ2) is 5.81. The number of hydrogen-bond acceptors (Lipinski definition) is 3. The Kier molecular flexibility index (Phi) is 4.36. The third kappa shape index (κ3) is 2.29. The van der Waals surface area contributed by atoms with Crippen LogP contribution in [-0.4, -0.2) is 33.6 Å². The van der Waals surface area contributed by atoms with Gasteiger partial charge in [-0.15, -0.1) is 0 Å². The molecule has 0 aliphatic carbocycles. The first-order valence-electron chi connectivity index (χ1n) is 7.07. The fourth-order valence-electron chi connectivity index (χ4n) is 3.27. The highest BCUT2D eigenvalue weighted by atomic mass is 16.3. The molecule has 18 heavy (non-hydrogen) atoms. The minimum absolute atomic E-state index is 0.125. The van der Waals surface area contributed by atoms with E-state index in [1.807, 2.05) is 12.1 Å². The van der Waals surface area contributed by atoms with Gasteiger partial charge in [0, 0.05) is 18.0 Å². The van der Waals surface area contributed by atoms with E-state index in [0.717, 1.165) is 31.5 Å². The molecule has 100 valence electrons. The molecular formula is C15H24N2O. The summed E-state index contributed by atoms with van der Waals surface area (Å²) in [6.45, 7) is 6.58. The van der Waals surface area contributed by atoms with Crippen molar-refractivity contribution in [2.75, 3.05) is 13.1 Å². The van der Waals surface area contributed by atoms with E-state index >= 15 is 0 Å². The van der Waals surface area contributed by atoms with Gasteiger partial charge in [0.25, 0.3) is 0 Å². The van der Waals surface area contributed by atoms with Gasteiger partial charge in [-0.3, -0.25) is 9.88 Å². The molecule has 1 N–H and O–H groups in total. The first-order chi connectivity index (χ1) is 8.74. The summed E-state index contributed by atoms with van der Waals surface area (Å²) < 4.78 is 0. The van der Waals surface area contributed by atoms with E-state index in [1.165, 1.54) is 12.8 Å². The average Bonchev–Trinajstić information content (AvgIpc) is 2.96. The largest absolute Gasteiger partial charge is 0.386 e. The van der Waals surface area contributed by atoms with Gasteiger partial charge in [-0.2, -0.15) is 0 Å². The molecule has 3 nitrogen and oxygen atoms in total. The zero-order valence-electron chi connectivity index (χ0n) is 11.5. The summed E-state index contributed by atoms with van der Waals surface area (Å²) in [5.74, 6) is 0. The van der Waals surface area contributed by atoms with Crippen molar-refractivity contribution >= 4 is 0 Å². The molecule has 1 aromatic rings. The van der Waals surface area contributed by atoms with Crippen molar-refractivity contribution in [3.63, 3.8) is 0 Å². The smallest absolute Gasteiger partial charge is 0.0988 e. The molecule has 1 aromatic heterocycles. The molecule has 0 amide bonds. The van der Waals surface area contributed by atoms with Gasteiger partial charge in [0.2, 0.25) is 0 Å². The standard InChI is InChI=1S/C15H24N2O/c1-3-15(4-2,17-10-5-6-11-17)14(18)13-8-7-9-16-12-13/h7-9,12,14,18H,3-6,10-11H2,1-2H3. The number of pyridine rings is 1. The highest BCUT2D eigenvalue weighted by Gasteiger charge is 2.42. The van der Waals surface area contributed by atoms with Crippen LogP contribution in [0.1, 0.15) is 51.2 Å². The molecule has 0 spiro atoms. The first kappa shape index (κ1) is 13.5. The van der Waals surface area contributed by atoms with E-state index in [1.54, 1.807) is 12.4 Å². The molecular weight excluding hydrogens is 224 g/mol. The molecule has 2 rings (SSSR count). The monoisotopic (exact) mass is 248 g/mol.